The maximum atomic E-state index is 12.9. The zero-order chi connectivity index (χ0) is 19.3. The van der Waals surface area contributed by atoms with E-state index >= 15 is 0 Å². The van der Waals surface area contributed by atoms with E-state index in [4.69, 9.17) is 11.6 Å². The van der Waals surface area contributed by atoms with E-state index in [1.807, 2.05) is 6.07 Å². The van der Waals surface area contributed by atoms with Crippen molar-refractivity contribution in [1.82, 2.24) is 10.2 Å². The summed E-state index contributed by atoms with van der Waals surface area (Å²) in [6.45, 7) is 6.44. The molecule has 28 heavy (non-hydrogen) atoms. The molecule has 1 heterocycles. The lowest BCUT2D eigenvalue weighted by atomic mass is 9.53. The number of anilines is 1. The van der Waals surface area contributed by atoms with Gasteiger partial charge in [-0.25, -0.2) is 0 Å². The molecule has 4 bridgehead atoms. The summed E-state index contributed by atoms with van der Waals surface area (Å²) < 4.78 is 0. The molecule has 1 aliphatic heterocycles. The van der Waals surface area contributed by atoms with Crippen molar-refractivity contribution >= 4 is 23.2 Å². The van der Waals surface area contributed by atoms with Crippen molar-refractivity contribution in [2.24, 2.45) is 17.8 Å². The molecule has 5 fully saturated rings. The highest BCUT2D eigenvalue weighted by Crippen LogP contribution is 2.55. The minimum absolute atomic E-state index is 0.131. The van der Waals surface area contributed by atoms with E-state index < -0.39 is 0 Å². The fourth-order valence-corrected chi connectivity index (χ4v) is 7.04. The van der Waals surface area contributed by atoms with Crippen LogP contribution in [-0.2, 0) is 4.79 Å². The van der Waals surface area contributed by atoms with Gasteiger partial charge in [0.2, 0.25) is 5.91 Å². The maximum absolute atomic E-state index is 12.9. The average molecular weight is 402 g/mol. The van der Waals surface area contributed by atoms with Crippen molar-refractivity contribution in [3.05, 3.63) is 28.8 Å². The van der Waals surface area contributed by atoms with Gasteiger partial charge < -0.3 is 10.2 Å². The SMILES string of the molecule is Cc1ccc(Cl)cc1N1CCN(CC(=O)NC23CC4CC(CC(C4)C2)C3)CC1. The summed E-state index contributed by atoms with van der Waals surface area (Å²) in [5, 5.41) is 4.31. The number of hydrogen-bond acceptors (Lipinski definition) is 3. The van der Waals surface area contributed by atoms with Crippen molar-refractivity contribution in [2.45, 2.75) is 51.0 Å². The Morgan fingerprint density at radius 1 is 1.07 bits per heavy atom. The summed E-state index contributed by atoms with van der Waals surface area (Å²) in [6, 6.07) is 6.10. The number of benzene rings is 1. The van der Waals surface area contributed by atoms with Crippen LogP contribution in [0, 0.1) is 24.7 Å². The molecule has 0 atom stereocenters. The van der Waals surface area contributed by atoms with Crippen LogP contribution < -0.4 is 10.2 Å². The number of amides is 1. The Hall–Kier alpha value is -1.26. The molecule has 5 aliphatic rings. The second-order valence-electron chi connectivity index (χ2n) is 9.94. The highest BCUT2D eigenvalue weighted by Gasteiger charge is 2.51. The molecule has 4 aliphatic carbocycles. The van der Waals surface area contributed by atoms with Gasteiger partial charge in [0.15, 0.2) is 0 Å². The molecule has 0 aromatic heterocycles. The Morgan fingerprint density at radius 2 is 1.68 bits per heavy atom. The van der Waals surface area contributed by atoms with E-state index in [2.05, 4.69) is 34.2 Å². The number of halogens is 1. The molecule has 4 nitrogen and oxygen atoms in total. The van der Waals surface area contributed by atoms with E-state index in [1.165, 1.54) is 49.8 Å². The Balaban J connectivity index is 1.15. The van der Waals surface area contributed by atoms with Gasteiger partial charge >= 0.3 is 0 Å². The molecular formula is C23H32ClN3O. The quantitative estimate of drug-likeness (QED) is 0.832. The average Bonchev–Trinajstić information content (AvgIpc) is 2.63. The van der Waals surface area contributed by atoms with Gasteiger partial charge in [-0.3, -0.25) is 9.69 Å². The van der Waals surface area contributed by atoms with Gasteiger partial charge in [-0.05, 0) is 80.9 Å². The minimum atomic E-state index is 0.131. The molecule has 152 valence electrons. The summed E-state index contributed by atoms with van der Waals surface area (Å²) in [5.41, 5.74) is 2.62. The van der Waals surface area contributed by atoms with E-state index in [0.717, 1.165) is 49.0 Å². The van der Waals surface area contributed by atoms with Crippen molar-refractivity contribution in [2.75, 3.05) is 37.6 Å². The van der Waals surface area contributed by atoms with E-state index in [0.29, 0.717) is 6.54 Å². The number of piperazine rings is 1. The number of aryl methyl sites for hydroxylation is 1. The standard InChI is InChI=1S/C23H32ClN3O/c1-16-2-3-20(24)11-21(16)27-6-4-26(5-7-27)15-22(28)25-23-12-17-8-18(13-23)10-19(9-17)14-23/h2-3,11,17-19H,4-10,12-15H2,1H3,(H,25,28). The van der Waals surface area contributed by atoms with Crippen molar-refractivity contribution in [1.29, 1.82) is 0 Å². The zero-order valence-electron chi connectivity index (χ0n) is 16.9. The summed E-state index contributed by atoms with van der Waals surface area (Å²) in [4.78, 5) is 17.6. The van der Waals surface area contributed by atoms with Gasteiger partial charge in [0.05, 0.1) is 6.54 Å². The molecule has 1 aromatic carbocycles. The van der Waals surface area contributed by atoms with Gasteiger partial charge in [-0.2, -0.15) is 0 Å². The lowest BCUT2D eigenvalue weighted by Gasteiger charge is -2.57. The topological polar surface area (TPSA) is 35.6 Å². The first kappa shape index (κ1) is 18.7. The summed E-state index contributed by atoms with van der Waals surface area (Å²) in [6.07, 6.45) is 7.94. The highest BCUT2D eigenvalue weighted by atomic mass is 35.5. The smallest absolute Gasteiger partial charge is 0.234 e. The number of hydrogen-bond donors (Lipinski definition) is 1. The van der Waals surface area contributed by atoms with Gasteiger partial charge in [0.1, 0.15) is 0 Å². The van der Waals surface area contributed by atoms with E-state index in [-0.39, 0.29) is 11.4 Å². The van der Waals surface area contributed by atoms with Crippen molar-refractivity contribution < 1.29 is 4.79 Å². The molecule has 5 heteroatoms. The van der Waals surface area contributed by atoms with Crippen LogP contribution in [0.2, 0.25) is 5.02 Å². The summed E-state index contributed by atoms with van der Waals surface area (Å²) in [7, 11) is 0. The van der Waals surface area contributed by atoms with Gasteiger partial charge in [0, 0.05) is 42.4 Å². The van der Waals surface area contributed by atoms with Gasteiger partial charge in [-0.1, -0.05) is 17.7 Å². The molecule has 0 radical (unpaired) electrons. The molecule has 6 rings (SSSR count). The minimum Gasteiger partial charge on any atom is -0.369 e. The maximum Gasteiger partial charge on any atom is 0.234 e. The number of carbonyl (C=O) groups excluding carboxylic acids is 1. The number of rotatable bonds is 4. The molecular weight excluding hydrogens is 370 g/mol. The third-order valence-corrected chi connectivity index (χ3v) is 7.93. The van der Waals surface area contributed by atoms with Crippen molar-refractivity contribution in [3.8, 4) is 0 Å². The van der Waals surface area contributed by atoms with Crippen LogP contribution in [-0.4, -0.2) is 49.1 Å². The highest BCUT2D eigenvalue weighted by molar-refractivity contribution is 6.30. The largest absolute Gasteiger partial charge is 0.369 e. The Morgan fingerprint density at radius 3 is 2.29 bits per heavy atom. The molecule has 1 saturated heterocycles. The first-order chi connectivity index (χ1) is 13.5. The van der Waals surface area contributed by atoms with Crippen LogP contribution in [0.1, 0.15) is 44.1 Å². The lowest BCUT2D eigenvalue weighted by molar-refractivity contribution is -0.128. The second-order valence-corrected chi connectivity index (χ2v) is 10.4. The summed E-state index contributed by atoms with van der Waals surface area (Å²) >= 11 is 6.19. The van der Waals surface area contributed by atoms with Crippen molar-refractivity contribution in [3.63, 3.8) is 0 Å². The van der Waals surface area contributed by atoms with Crippen LogP contribution in [0.15, 0.2) is 18.2 Å². The van der Waals surface area contributed by atoms with Crippen LogP contribution in [0.25, 0.3) is 0 Å². The molecule has 0 unspecified atom stereocenters. The predicted molar refractivity (Wildman–Crippen MR) is 114 cm³/mol. The zero-order valence-corrected chi connectivity index (χ0v) is 17.7. The lowest BCUT2D eigenvalue weighted by Crippen LogP contribution is -2.61. The van der Waals surface area contributed by atoms with Crippen LogP contribution in [0.5, 0.6) is 0 Å². The third kappa shape index (κ3) is 3.66. The fraction of sp³-hybridized carbons (Fsp3) is 0.696. The number of nitrogens with one attached hydrogen (secondary N) is 1. The third-order valence-electron chi connectivity index (χ3n) is 7.69. The number of carbonyl (C=O) groups is 1. The van der Waals surface area contributed by atoms with Crippen LogP contribution in [0.3, 0.4) is 0 Å². The molecule has 4 saturated carbocycles. The number of nitrogens with zero attached hydrogens (tertiary/aromatic N) is 2. The Kier molecular flexibility index (Phi) is 4.83. The molecule has 1 aromatic rings. The van der Waals surface area contributed by atoms with Crippen LogP contribution in [0.4, 0.5) is 5.69 Å². The first-order valence-corrected chi connectivity index (χ1v) is 11.4. The summed E-state index contributed by atoms with van der Waals surface area (Å²) in [5.74, 6) is 2.86. The predicted octanol–water partition coefficient (Wildman–Crippen LogP) is 3.86. The molecule has 0 spiro atoms. The van der Waals surface area contributed by atoms with Crippen LogP contribution >= 0.6 is 11.6 Å². The van der Waals surface area contributed by atoms with Gasteiger partial charge in [-0.15, -0.1) is 0 Å². The molecule has 1 amide bonds. The normalized spacial score (nSPS) is 34.6. The van der Waals surface area contributed by atoms with E-state index in [9.17, 15) is 4.79 Å². The fourth-order valence-electron chi connectivity index (χ4n) is 6.87. The Bertz CT molecular complexity index is 721. The van der Waals surface area contributed by atoms with E-state index in [1.54, 1.807) is 0 Å². The second kappa shape index (κ2) is 7.21. The molecule has 1 N–H and O–H groups in total. The monoisotopic (exact) mass is 401 g/mol. The first-order valence-electron chi connectivity index (χ1n) is 11.0. The Labute approximate surface area is 173 Å². The van der Waals surface area contributed by atoms with Gasteiger partial charge in [0.25, 0.3) is 0 Å².